The molecule has 0 N–H and O–H groups in total. The number of unbranched alkanes of at least 4 members (excludes halogenated alkanes) is 1. The molecule has 3 aliphatic carbocycles. The minimum Gasteiger partial charge on any atom is -0.483 e. The third kappa shape index (κ3) is 6.32. The van der Waals surface area contributed by atoms with Crippen LogP contribution in [-0.4, -0.2) is 6.61 Å². The number of allylic oxidation sites excluding steroid dienone is 3. The zero-order chi connectivity index (χ0) is 23.9. The van der Waals surface area contributed by atoms with Crippen molar-refractivity contribution in [1.29, 1.82) is 0 Å². The van der Waals surface area contributed by atoms with Crippen LogP contribution in [0.1, 0.15) is 102 Å². The summed E-state index contributed by atoms with van der Waals surface area (Å²) in [4.78, 5) is 0. The van der Waals surface area contributed by atoms with Gasteiger partial charge in [-0.25, -0.2) is 8.78 Å². The molecule has 3 saturated carbocycles. The Morgan fingerprint density at radius 3 is 2.12 bits per heavy atom. The minimum absolute atomic E-state index is 0.189. The van der Waals surface area contributed by atoms with Crippen LogP contribution in [0, 0.1) is 41.2 Å². The van der Waals surface area contributed by atoms with Crippen LogP contribution in [0.5, 0.6) is 5.75 Å². The van der Waals surface area contributed by atoms with Gasteiger partial charge in [-0.3, -0.25) is 0 Å². The van der Waals surface area contributed by atoms with E-state index in [1.54, 1.807) is 6.08 Å². The van der Waals surface area contributed by atoms with Crippen molar-refractivity contribution in [2.75, 3.05) is 6.61 Å². The summed E-state index contributed by atoms with van der Waals surface area (Å²) in [6.07, 6.45) is 23.9. The molecule has 0 aromatic heterocycles. The molecular formula is C31H44F2O. The van der Waals surface area contributed by atoms with E-state index < -0.39 is 11.6 Å². The molecule has 4 rings (SSSR count). The van der Waals surface area contributed by atoms with Crippen LogP contribution in [0.25, 0.3) is 0 Å². The number of rotatable bonds is 8. The van der Waals surface area contributed by atoms with Gasteiger partial charge in [-0.15, -0.1) is 0 Å². The highest BCUT2D eigenvalue weighted by Gasteiger charge is 2.38. The van der Waals surface area contributed by atoms with E-state index in [-0.39, 0.29) is 18.3 Å². The number of hydrogen-bond donors (Lipinski definition) is 0. The summed E-state index contributed by atoms with van der Waals surface area (Å²) in [5.74, 6) is 3.25. The van der Waals surface area contributed by atoms with E-state index in [1.165, 1.54) is 76.3 Å². The van der Waals surface area contributed by atoms with Gasteiger partial charge in [-0.05, 0) is 131 Å². The Morgan fingerprint density at radius 1 is 0.824 bits per heavy atom. The standard InChI is InChI=1S/C31H44F2O/c1-3-5-7-8-22-9-10-27-19-26(16-15-25(27)18-22)23-11-13-24(14-12-23)28-20-29(32)31(30(33)21-28)34-17-6-4-2/h4,6-8,20-27H,3,5,9-19H2,1-2H3/b6-4+,8-7?/t22?,23?,24?,25-,26-,27-/m1/s1. The summed E-state index contributed by atoms with van der Waals surface area (Å²) < 4.78 is 34.4. The number of fused-ring (bicyclic) bond motifs is 1. The maximum Gasteiger partial charge on any atom is 0.191 e. The third-order valence-corrected chi connectivity index (χ3v) is 9.05. The molecule has 34 heavy (non-hydrogen) atoms. The van der Waals surface area contributed by atoms with Crippen molar-refractivity contribution >= 4 is 0 Å². The Balaban J connectivity index is 1.27. The van der Waals surface area contributed by atoms with Crippen molar-refractivity contribution in [2.45, 2.75) is 96.8 Å². The maximum atomic E-state index is 14.5. The molecule has 0 radical (unpaired) electrons. The smallest absolute Gasteiger partial charge is 0.191 e. The van der Waals surface area contributed by atoms with Gasteiger partial charge in [0.05, 0.1) is 0 Å². The van der Waals surface area contributed by atoms with Crippen LogP contribution in [0.4, 0.5) is 8.78 Å². The predicted molar refractivity (Wildman–Crippen MR) is 137 cm³/mol. The molecule has 1 nitrogen and oxygen atoms in total. The van der Waals surface area contributed by atoms with E-state index in [4.69, 9.17) is 4.74 Å². The molecule has 0 saturated heterocycles. The molecule has 3 fully saturated rings. The van der Waals surface area contributed by atoms with E-state index in [2.05, 4.69) is 19.1 Å². The molecule has 3 aliphatic rings. The SMILES string of the molecule is C/C=C/COc1c(F)cc(C2CCC([C@@H]3CC[C@@H]4CC(C=CCCC)CC[C@@H]4C3)CC2)cc1F. The van der Waals surface area contributed by atoms with Gasteiger partial charge in [-0.2, -0.15) is 0 Å². The summed E-state index contributed by atoms with van der Waals surface area (Å²) >= 11 is 0. The number of halogens is 2. The highest BCUT2D eigenvalue weighted by molar-refractivity contribution is 5.33. The maximum absolute atomic E-state index is 14.5. The number of ether oxygens (including phenoxy) is 1. The number of benzene rings is 1. The molecule has 3 heteroatoms. The van der Waals surface area contributed by atoms with Gasteiger partial charge in [0.15, 0.2) is 17.4 Å². The van der Waals surface area contributed by atoms with Crippen molar-refractivity contribution in [3.05, 3.63) is 53.6 Å². The van der Waals surface area contributed by atoms with Crippen molar-refractivity contribution in [2.24, 2.45) is 29.6 Å². The van der Waals surface area contributed by atoms with Crippen LogP contribution < -0.4 is 4.74 Å². The van der Waals surface area contributed by atoms with E-state index in [1.807, 2.05) is 13.0 Å². The minimum atomic E-state index is -0.569. The van der Waals surface area contributed by atoms with Gasteiger partial charge in [0.2, 0.25) is 0 Å². The highest BCUT2D eigenvalue weighted by Crippen LogP contribution is 2.50. The monoisotopic (exact) mass is 470 g/mol. The van der Waals surface area contributed by atoms with Gasteiger partial charge in [0.25, 0.3) is 0 Å². The molecule has 0 bridgehead atoms. The lowest BCUT2D eigenvalue weighted by Gasteiger charge is -2.45. The fourth-order valence-electron chi connectivity index (χ4n) is 7.12. The molecule has 188 valence electrons. The first-order chi connectivity index (χ1) is 16.6. The Hall–Kier alpha value is -1.64. The molecule has 0 heterocycles. The second-order valence-corrected chi connectivity index (χ2v) is 11.2. The Morgan fingerprint density at radius 2 is 1.44 bits per heavy atom. The van der Waals surface area contributed by atoms with E-state index >= 15 is 0 Å². The molecule has 1 aromatic rings. The van der Waals surface area contributed by atoms with Gasteiger partial charge in [0.1, 0.15) is 6.61 Å². The predicted octanol–water partition coefficient (Wildman–Crippen LogP) is 9.38. The highest BCUT2D eigenvalue weighted by atomic mass is 19.1. The lowest BCUT2D eigenvalue weighted by Crippen LogP contribution is -2.34. The molecule has 0 aliphatic heterocycles. The van der Waals surface area contributed by atoms with Crippen molar-refractivity contribution < 1.29 is 13.5 Å². The summed E-state index contributed by atoms with van der Waals surface area (Å²) in [5.41, 5.74) is 0.810. The van der Waals surface area contributed by atoms with Gasteiger partial charge >= 0.3 is 0 Å². The zero-order valence-electron chi connectivity index (χ0n) is 21.3. The van der Waals surface area contributed by atoms with Gasteiger partial charge in [-0.1, -0.05) is 37.6 Å². The summed E-state index contributed by atoms with van der Waals surface area (Å²) in [6.45, 7) is 4.30. The third-order valence-electron chi connectivity index (χ3n) is 9.05. The average molecular weight is 471 g/mol. The lowest BCUT2D eigenvalue weighted by molar-refractivity contribution is 0.0718. The largest absolute Gasteiger partial charge is 0.483 e. The van der Waals surface area contributed by atoms with E-state index in [0.29, 0.717) is 0 Å². The molecule has 1 unspecified atom stereocenters. The molecule has 4 atom stereocenters. The first-order valence-corrected chi connectivity index (χ1v) is 14.0. The lowest BCUT2D eigenvalue weighted by atomic mass is 9.61. The topological polar surface area (TPSA) is 9.23 Å². The van der Waals surface area contributed by atoms with Crippen LogP contribution in [0.15, 0.2) is 36.4 Å². The first-order valence-electron chi connectivity index (χ1n) is 14.0. The Bertz CT molecular complexity index is 813. The van der Waals surface area contributed by atoms with Gasteiger partial charge in [0, 0.05) is 0 Å². The summed E-state index contributed by atoms with van der Waals surface area (Å²) in [7, 11) is 0. The van der Waals surface area contributed by atoms with Crippen molar-refractivity contribution in [3.63, 3.8) is 0 Å². The number of hydrogen-bond acceptors (Lipinski definition) is 1. The summed E-state index contributed by atoms with van der Waals surface area (Å²) in [6, 6.07) is 3.02. The van der Waals surface area contributed by atoms with Crippen molar-refractivity contribution in [3.8, 4) is 5.75 Å². The molecular weight excluding hydrogens is 426 g/mol. The quantitative estimate of drug-likeness (QED) is 0.344. The molecule has 1 aromatic carbocycles. The second kappa shape index (κ2) is 12.4. The Kier molecular flexibility index (Phi) is 9.25. The zero-order valence-corrected chi connectivity index (χ0v) is 21.3. The normalized spacial score (nSPS) is 32.2. The summed E-state index contributed by atoms with van der Waals surface area (Å²) in [5, 5.41) is 0. The fraction of sp³-hybridized carbons (Fsp3) is 0.677. The van der Waals surface area contributed by atoms with Crippen LogP contribution in [0.2, 0.25) is 0 Å². The molecule has 0 amide bonds. The van der Waals surface area contributed by atoms with E-state index in [0.717, 1.165) is 48.0 Å². The van der Waals surface area contributed by atoms with E-state index in [9.17, 15) is 8.78 Å². The van der Waals surface area contributed by atoms with Crippen LogP contribution in [0.3, 0.4) is 0 Å². The Labute approximate surface area is 206 Å². The van der Waals surface area contributed by atoms with Crippen molar-refractivity contribution in [1.82, 2.24) is 0 Å². The van der Waals surface area contributed by atoms with Gasteiger partial charge < -0.3 is 4.74 Å². The van der Waals surface area contributed by atoms with Crippen LogP contribution in [-0.2, 0) is 0 Å². The molecule has 0 spiro atoms. The average Bonchev–Trinajstić information content (AvgIpc) is 2.85. The fourth-order valence-corrected chi connectivity index (χ4v) is 7.12. The van der Waals surface area contributed by atoms with Crippen LogP contribution >= 0.6 is 0 Å². The second-order valence-electron chi connectivity index (χ2n) is 11.2. The first kappa shape index (κ1) is 25.5.